The standard InChI is InChI=1S/C20H24N4O2/c1-3-26-20(25)11-17-18(24-13-16(21)9-10-19(24)22-17)14-23(2)12-15-7-5-4-6-8-15/h4-10,13H,3,11-12,14,21H2,1-2H3. The van der Waals surface area contributed by atoms with Gasteiger partial charge in [-0.25, -0.2) is 4.98 Å². The zero-order valence-electron chi connectivity index (χ0n) is 15.2. The molecule has 6 nitrogen and oxygen atoms in total. The van der Waals surface area contributed by atoms with E-state index in [-0.39, 0.29) is 12.4 Å². The molecule has 2 N–H and O–H groups in total. The van der Waals surface area contributed by atoms with Gasteiger partial charge in [0, 0.05) is 25.0 Å². The Bertz CT molecular complexity index is 889. The Morgan fingerprint density at radius 2 is 1.96 bits per heavy atom. The van der Waals surface area contributed by atoms with E-state index in [9.17, 15) is 4.79 Å². The Kier molecular flexibility index (Phi) is 5.53. The number of benzene rings is 1. The fraction of sp³-hybridized carbons (Fsp3) is 0.300. The second-order valence-electron chi connectivity index (χ2n) is 6.34. The van der Waals surface area contributed by atoms with E-state index < -0.39 is 0 Å². The van der Waals surface area contributed by atoms with Crippen molar-refractivity contribution < 1.29 is 9.53 Å². The molecule has 0 aliphatic heterocycles. The first kappa shape index (κ1) is 17.9. The van der Waals surface area contributed by atoms with Crippen LogP contribution in [0.2, 0.25) is 0 Å². The van der Waals surface area contributed by atoms with Gasteiger partial charge in [0.05, 0.1) is 24.4 Å². The largest absolute Gasteiger partial charge is 0.466 e. The molecular weight excluding hydrogens is 328 g/mol. The number of nitrogens with two attached hydrogens (primary N) is 1. The van der Waals surface area contributed by atoms with Crippen molar-refractivity contribution >= 4 is 17.3 Å². The fourth-order valence-corrected chi connectivity index (χ4v) is 3.02. The number of nitrogens with zero attached hydrogens (tertiary/aromatic N) is 3. The summed E-state index contributed by atoms with van der Waals surface area (Å²) in [7, 11) is 2.05. The molecular formula is C20H24N4O2. The number of anilines is 1. The van der Waals surface area contributed by atoms with Gasteiger partial charge in [0.15, 0.2) is 0 Å². The molecule has 3 aromatic rings. The van der Waals surface area contributed by atoms with Gasteiger partial charge in [-0.2, -0.15) is 0 Å². The van der Waals surface area contributed by atoms with Crippen LogP contribution in [0.25, 0.3) is 5.65 Å². The minimum atomic E-state index is -0.268. The quantitative estimate of drug-likeness (QED) is 0.662. The van der Waals surface area contributed by atoms with E-state index in [1.54, 1.807) is 6.92 Å². The summed E-state index contributed by atoms with van der Waals surface area (Å²) < 4.78 is 7.06. The van der Waals surface area contributed by atoms with E-state index in [1.165, 1.54) is 5.56 Å². The van der Waals surface area contributed by atoms with Crippen molar-refractivity contribution in [1.29, 1.82) is 0 Å². The van der Waals surface area contributed by atoms with Gasteiger partial charge in [-0.15, -0.1) is 0 Å². The molecule has 0 aliphatic rings. The number of pyridine rings is 1. The molecule has 2 heterocycles. The lowest BCUT2D eigenvalue weighted by molar-refractivity contribution is -0.142. The topological polar surface area (TPSA) is 72.9 Å². The monoisotopic (exact) mass is 352 g/mol. The molecule has 0 atom stereocenters. The zero-order chi connectivity index (χ0) is 18.5. The van der Waals surface area contributed by atoms with Crippen molar-refractivity contribution in [3.63, 3.8) is 0 Å². The molecule has 2 aromatic heterocycles. The lowest BCUT2D eigenvalue weighted by atomic mass is 10.2. The van der Waals surface area contributed by atoms with Crippen molar-refractivity contribution in [3.8, 4) is 0 Å². The van der Waals surface area contributed by atoms with Crippen molar-refractivity contribution in [3.05, 3.63) is 65.6 Å². The van der Waals surface area contributed by atoms with Gasteiger partial charge < -0.3 is 14.9 Å². The summed E-state index contributed by atoms with van der Waals surface area (Å²) in [6.45, 7) is 3.61. The average Bonchev–Trinajstić information content (AvgIpc) is 2.92. The Morgan fingerprint density at radius 3 is 2.69 bits per heavy atom. The first-order chi connectivity index (χ1) is 12.6. The number of carbonyl (C=O) groups is 1. The summed E-state index contributed by atoms with van der Waals surface area (Å²) in [6, 6.07) is 14.0. The maximum atomic E-state index is 12.0. The summed E-state index contributed by atoms with van der Waals surface area (Å²) in [5.41, 5.74) is 10.3. The number of rotatable bonds is 7. The van der Waals surface area contributed by atoms with Crippen LogP contribution in [0.1, 0.15) is 23.9 Å². The summed E-state index contributed by atoms with van der Waals surface area (Å²) >= 11 is 0. The number of ether oxygens (including phenoxy) is 1. The number of aromatic nitrogens is 2. The highest BCUT2D eigenvalue weighted by atomic mass is 16.5. The molecule has 0 unspecified atom stereocenters. The van der Waals surface area contributed by atoms with Crippen LogP contribution < -0.4 is 5.73 Å². The first-order valence-electron chi connectivity index (χ1n) is 8.70. The molecule has 0 bridgehead atoms. The summed E-state index contributed by atoms with van der Waals surface area (Å²) in [5.74, 6) is -0.268. The van der Waals surface area contributed by atoms with E-state index in [0.29, 0.717) is 18.8 Å². The maximum absolute atomic E-state index is 12.0. The molecule has 26 heavy (non-hydrogen) atoms. The van der Waals surface area contributed by atoms with E-state index in [0.717, 1.165) is 23.6 Å². The molecule has 1 aromatic carbocycles. The smallest absolute Gasteiger partial charge is 0.311 e. The highest BCUT2D eigenvalue weighted by molar-refractivity contribution is 5.73. The van der Waals surface area contributed by atoms with Crippen molar-refractivity contribution in [2.24, 2.45) is 0 Å². The Balaban J connectivity index is 1.88. The van der Waals surface area contributed by atoms with E-state index >= 15 is 0 Å². The zero-order valence-corrected chi connectivity index (χ0v) is 15.2. The lowest BCUT2D eigenvalue weighted by Gasteiger charge is -2.17. The molecule has 0 amide bonds. The minimum Gasteiger partial charge on any atom is -0.466 e. The van der Waals surface area contributed by atoms with Gasteiger partial charge in [-0.05, 0) is 31.7 Å². The van der Waals surface area contributed by atoms with Crippen LogP contribution in [-0.2, 0) is 29.0 Å². The maximum Gasteiger partial charge on any atom is 0.311 e. The lowest BCUT2D eigenvalue weighted by Crippen LogP contribution is -2.20. The predicted octanol–water partition coefficient (Wildman–Crippen LogP) is 2.65. The SMILES string of the molecule is CCOC(=O)Cc1nc2ccc(N)cn2c1CN(C)Cc1ccccc1. The summed E-state index contributed by atoms with van der Waals surface area (Å²) in [4.78, 5) is 18.8. The number of esters is 1. The number of hydrogen-bond donors (Lipinski definition) is 1. The van der Waals surface area contributed by atoms with Gasteiger partial charge in [-0.1, -0.05) is 30.3 Å². The van der Waals surface area contributed by atoms with Crippen molar-refractivity contribution in [2.75, 3.05) is 19.4 Å². The minimum absolute atomic E-state index is 0.157. The van der Waals surface area contributed by atoms with Crippen LogP contribution in [0.5, 0.6) is 0 Å². The van der Waals surface area contributed by atoms with Crippen LogP contribution in [0.15, 0.2) is 48.7 Å². The second kappa shape index (κ2) is 8.01. The van der Waals surface area contributed by atoms with Gasteiger partial charge >= 0.3 is 5.97 Å². The van der Waals surface area contributed by atoms with Crippen LogP contribution in [0, 0.1) is 0 Å². The number of imidazole rings is 1. The molecule has 3 rings (SSSR count). The molecule has 0 aliphatic carbocycles. The number of hydrogen-bond acceptors (Lipinski definition) is 5. The van der Waals surface area contributed by atoms with Crippen LogP contribution in [-0.4, -0.2) is 33.9 Å². The third kappa shape index (κ3) is 4.21. The average molecular weight is 352 g/mol. The van der Waals surface area contributed by atoms with Gasteiger partial charge in [0.2, 0.25) is 0 Å². The summed E-state index contributed by atoms with van der Waals surface area (Å²) in [5, 5.41) is 0. The molecule has 136 valence electrons. The molecule has 0 radical (unpaired) electrons. The van der Waals surface area contributed by atoms with Crippen molar-refractivity contribution in [2.45, 2.75) is 26.4 Å². The first-order valence-corrected chi connectivity index (χ1v) is 8.70. The second-order valence-corrected chi connectivity index (χ2v) is 6.34. The number of fused-ring (bicyclic) bond motifs is 1. The van der Waals surface area contributed by atoms with E-state index in [1.807, 2.05) is 48.0 Å². The van der Waals surface area contributed by atoms with E-state index in [2.05, 4.69) is 22.0 Å². The Morgan fingerprint density at radius 1 is 1.19 bits per heavy atom. The van der Waals surface area contributed by atoms with Crippen molar-refractivity contribution in [1.82, 2.24) is 14.3 Å². The van der Waals surface area contributed by atoms with E-state index in [4.69, 9.17) is 10.5 Å². The van der Waals surface area contributed by atoms with Gasteiger partial charge in [-0.3, -0.25) is 9.69 Å². The highest BCUT2D eigenvalue weighted by Gasteiger charge is 2.17. The number of nitrogen functional groups attached to an aromatic ring is 1. The summed E-state index contributed by atoms with van der Waals surface area (Å²) in [6.07, 6.45) is 2.01. The predicted molar refractivity (Wildman–Crippen MR) is 102 cm³/mol. The normalized spacial score (nSPS) is 11.2. The highest BCUT2D eigenvalue weighted by Crippen LogP contribution is 2.18. The van der Waals surface area contributed by atoms with Crippen LogP contribution >= 0.6 is 0 Å². The molecule has 0 saturated carbocycles. The molecule has 6 heteroatoms. The third-order valence-corrected chi connectivity index (χ3v) is 4.16. The van der Waals surface area contributed by atoms with Crippen LogP contribution in [0.3, 0.4) is 0 Å². The molecule has 0 saturated heterocycles. The Hall–Kier alpha value is -2.86. The van der Waals surface area contributed by atoms with Crippen LogP contribution in [0.4, 0.5) is 5.69 Å². The Labute approximate surface area is 153 Å². The molecule has 0 fully saturated rings. The fourth-order valence-electron chi connectivity index (χ4n) is 3.02. The third-order valence-electron chi connectivity index (χ3n) is 4.16. The van der Waals surface area contributed by atoms with Gasteiger partial charge in [0.1, 0.15) is 5.65 Å². The molecule has 0 spiro atoms. The van der Waals surface area contributed by atoms with Gasteiger partial charge in [0.25, 0.3) is 0 Å². The number of carbonyl (C=O) groups excluding carboxylic acids is 1.